The molecule has 0 aliphatic heterocycles. The number of hydrogen-bond donors (Lipinski definition) is 2. The van der Waals surface area contributed by atoms with E-state index in [-0.39, 0.29) is 5.82 Å². The van der Waals surface area contributed by atoms with E-state index >= 15 is 0 Å². The van der Waals surface area contributed by atoms with Gasteiger partial charge in [-0.05, 0) is 31.2 Å². The Morgan fingerprint density at radius 2 is 2.00 bits per heavy atom. The van der Waals surface area contributed by atoms with Crippen molar-refractivity contribution >= 4 is 39.3 Å². The topological polar surface area (TPSA) is 81.6 Å². The first-order chi connectivity index (χ1) is 11.5. The van der Waals surface area contributed by atoms with E-state index in [0.29, 0.717) is 22.7 Å². The van der Waals surface area contributed by atoms with Gasteiger partial charge in [-0.25, -0.2) is 19.3 Å². The van der Waals surface area contributed by atoms with Crippen LogP contribution in [0, 0.1) is 12.7 Å². The Morgan fingerprint density at radius 3 is 2.83 bits per heavy atom. The van der Waals surface area contributed by atoms with E-state index in [2.05, 4.69) is 20.3 Å². The summed E-state index contributed by atoms with van der Waals surface area (Å²) in [7, 11) is 1.90. The summed E-state index contributed by atoms with van der Waals surface area (Å²) >= 11 is 0. The molecule has 6 nitrogen and oxygen atoms in total. The van der Waals surface area contributed by atoms with Gasteiger partial charge in [0.05, 0.1) is 23.0 Å². The van der Waals surface area contributed by atoms with Crippen LogP contribution < -0.4 is 11.1 Å². The summed E-state index contributed by atoms with van der Waals surface area (Å²) in [6.45, 7) is 1.70. The summed E-state index contributed by atoms with van der Waals surface area (Å²) in [4.78, 5) is 13.0. The van der Waals surface area contributed by atoms with Gasteiger partial charge in [0.2, 0.25) is 5.95 Å². The fourth-order valence-electron chi connectivity index (χ4n) is 2.73. The minimum absolute atomic E-state index is 0.285. The van der Waals surface area contributed by atoms with Crippen LogP contribution in [0.25, 0.3) is 21.9 Å². The zero-order valence-corrected chi connectivity index (χ0v) is 13.2. The zero-order valence-electron chi connectivity index (χ0n) is 13.2. The molecule has 3 N–H and O–H groups in total. The van der Waals surface area contributed by atoms with Gasteiger partial charge in [-0.15, -0.1) is 0 Å². The SMILES string of the molecule is Cc1c(F)ccc2cnc(Nc3cc(N)c4ncn(C)c4c3)nc12. The van der Waals surface area contributed by atoms with Gasteiger partial charge in [0.1, 0.15) is 11.3 Å². The molecule has 120 valence electrons. The number of aryl methyl sites for hydroxylation is 2. The highest BCUT2D eigenvalue weighted by atomic mass is 19.1. The predicted octanol–water partition coefficient (Wildman–Crippen LogP) is 3.29. The molecule has 0 atom stereocenters. The lowest BCUT2D eigenvalue weighted by Crippen LogP contribution is -2.00. The van der Waals surface area contributed by atoms with Crippen molar-refractivity contribution in [2.45, 2.75) is 6.92 Å². The second kappa shape index (κ2) is 5.16. The average Bonchev–Trinajstić information content (AvgIpc) is 2.93. The first-order valence-corrected chi connectivity index (χ1v) is 7.42. The van der Waals surface area contributed by atoms with Crippen molar-refractivity contribution in [3.63, 3.8) is 0 Å². The highest BCUT2D eigenvalue weighted by Gasteiger charge is 2.09. The van der Waals surface area contributed by atoms with Gasteiger partial charge in [0.25, 0.3) is 0 Å². The molecule has 2 aromatic heterocycles. The first-order valence-electron chi connectivity index (χ1n) is 7.42. The molecule has 0 aliphatic rings. The number of hydrogen-bond acceptors (Lipinski definition) is 5. The fraction of sp³-hybridized carbons (Fsp3) is 0.118. The molecule has 0 aliphatic carbocycles. The molecule has 0 saturated heterocycles. The van der Waals surface area contributed by atoms with E-state index in [4.69, 9.17) is 5.73 Å². The molecule has 0 fully saturated rings. The number of nitrogen functional groups attached to an aromatic ring is 1. The van der Waals surface area contributed by atoms with Crippen molar-refractivity contribution in [3.8, 4) is 0 Å². The number of nitrogens with one attached hydrogen (secondary N) is 1. The molecule has 4 rings (SSSR count). The lowest BCUT2D eigenvalue weighted by Gasteiger charge is -2.09. The summed E-state index contributed by atoms with van der Waals surface area (Å²) in [6, 6.07) is 6.79. The van der Waals surface area contributed by atoms with Crippen LogP contribution >= 0.6 is 0 Å². The number of rotatable bonds is 2. The summed E-state index contributed by atoms with van der Waals surface area (Å²) in [5.41, 5.74) is 10.1. The highest BCUT2D eigenvalue weighted by Crippen LogP contribution is 2.27. The van der Waals surface area contributed by atoms with Gasteiger partial charge in [-0.3, -0.25) is 0 Å². The molecule has 0 unspecified atom stereocenters. The van der Waals surface area contributed by atoms with Gasteiger partial charge in [0.15, 0.2) is 0 Å². The van der Waals surface area contributed by atoms with Gasteiger partial charge in [-0.1, -0.05) is 0 Å². The minimum atomic E-state index is -0.285. The second-order valence-corrected chi connectivity index (χ2v) is 5.72. The predicted molar refractivity (Wildman–Crippen MR) is 92.6 cm³/mol. The Balaban J connectivity index is 1.79. The van der Waals surface area contributed by atoms with E-state index in [0.717, 1.165) is 22.1 Å². The molecule has 7 heteroatoms. The summed E-state index contributed by atoms with van der Waals surface area (Å²) in [5, 5.41) is 3.92. The number of nitrogens with zero attached hydrogens (tertiary/aromatic N) is 4. The minimum Gasteiger partial charge on any atom is -0.397 e. The van der Waals surface area contributed by atoms with Crippen molar-refractivity contribution in [3.05, 3.63) is 48.2 Å². The highest BCUT2D eigenvalue weighted by molar-refractivity contribution is 5.91. The molecule has 2 aromatic carbocycles. The van der Waals surface area contributed by atoms with Crippen LogP contribution in [0.15, 0.2) is 36.8 Å². The largest absolute Gasteiger partial charge is 0.397 e. The van der Waals surface area contributed by atoms with Gasteiger partial charge in [-0.2, -0.15) is 0 Å². The maximum absolute atomic E-state index is 13.7. The molecule has 24 heavy (non-hydrogen) atoms. The quantitative estimate of drug-likeness (QED) is 0.553. The van der Waals surface area contributed by atoms with E-state index in [1.807, 2.05) is 17.7 Å². The number of imidazole rings is 1. The van der Waals surface area contributed by atoms with Crippen LogP contribution in [0.2, 0.25) is 0 Å². The van der Waals surface area contributed by atoms with Crippen LogP contribution in [0.4, 0.5) is 21.7 Å². The Kier molecular flexibility index (Phi) is 3.09. The summed E-state index contributed by atoms with van der Waals surface area (Å²) < 4.78 is 15.6. The molecule has 0 amide bonds. The van der Waals surface area contributed by atoms with Crippen molar-refractivity contribution in [1.29, 1.82) is 0 Å². The van der Waals surface area contributed by atoms with Crippen LogP contribution in [-0.4, -0.2) is 19.5 Å². The van der Waals surface area contributed by atoms with Crippen molar-refractivity contribution in [2.24, 2.45) is 7.05 Å². The fourth-order valence-corrected chi connectivity index (χ4v) is 2.73. The molecule has 2 heterocycles. The average molecular weight is 322 g/mol. The molecular formula is C17H15FN6. The third-order valence-electron chi connectivity index (χ3n) is 4.06. The maximum atomic E-state index is 13.7. The second-order valence-electron chi connectivity index (χ2n) is 5.72. The Bertz CT molecular complexity index is 1090. The number of fused-ring (bicyclic) bond motifs is 2. The smallest absolute Gasteiger partial charge is 0.227 e. The Hall–Kier alpha value is -3.22. The Labute approximate surface area is 137 Å². The first kappa shape index (κ1) is 14.4. The number of halogens is 1. The summed E-state index contributed by atoms with van der Waals surface area (Å²) in [5.74, 6) is 0.102. The number of nitrogens with two attached hydrogens (primary N) is 1. The van der Waals surface area contributed by atoms with Crippen LogP contribution in [0.1, 0.15) is 5.56 Å². The standard InChI is InChI=1S/C17H15FN6/c1-9-12(18)4-3-10-7-20-17(23-15(9)10)22-11-5-13(19)16-14(6-11)24(2)8-21-16/h3-8H,19H2,1-2H3,(H,20,22,23). The van der Waals surface area contributed by atoms with E-state index in [9.17, 15) is 4.39 Å². The number of anilines is 3. The van der Waals surface area contributed by atoms with Crippen LogP contribution in [0.3, 0.4) is 0 Å². The molecule has 0 radical (unpaired) electrons. The van der Waals surface area contributed by atoms with E-state index in [1.165, 1.54) is 6.07 Å². The van der Waals surface area contributed by atoms with Gasteiger partial charge < -0.3 is 15.6 Å². The zero-order chi connectivity index (χ0) is 16.8. The van der Waals surface area contributed by atoms with Gasteiger partial charge >= 0.3 is 0 Å². The monoisotopic (exact) mass is 322 g/mol. The number of aromatic nitrogens is 4. The maximum Gasteiger partial charge on any atom is 0.227 e. The molecule has 0 spiro atoms. The van der Waals surface area contributed by atoms with E-state index in [1.54, 1.807) is 31.6 Å². The van der Waals surface area contributed by atoms with Crippen LogP contribution in [-0.2, 0) is 7.05 Å². The van der Waals surface area contributed by atoms with Crippen LogP contribution in [0.5, 0.6) is 0 Å². The molecule has 0 bridgehead atoms. The lowest BCUT2D eigenvalue weighted by atomic mass is 10.1. The molecule has 0 saturated carbocycles. The third-order valence-corrected chi connectivity index (χ3v) is 4.06. The summed E-state index contributed by atoms with van der Waals surface area (Å²) in [6.07, 6.45) is 3.38. The normalized spacial score (nSPS) is 11.3. The molecule has 4 aromatic rings. The van der Waals surface area contributed by atoms with Crippen molar-refractivity contribution < 1.29 is 4.39 Å². The van der Waals surface area contributed by atoms with Gasteiger partial charge in [0, 0.05) is 29.9 Å². The number of benzene rings is 2. The third kappa shape index (κ3) is 2.21. The lowest BCUT2D eigenvalue weighted by molar-refractivity contribution is 0.620. The van der Waals surface area contributed by atoms with Crippen molar-refractivity contribution in [2.75, 3.05) is 11.1 Å². The Morgan fingerprint density at radius 1 is 1.17 bits per heavy atom. The van der Waals surface area contributed by atoms with Crippen molar-refractivity contribution in [1.82, 2.24) is 19.5 Å². The van der Waals surface area contributed by atoms with E-state index < -0.39 is 0 Å². The molecular weight excluding hydrogens is 307 g/mol.